The van der Waals surface area contributed by atoms with Crippen LogP contribution in [0, 0.1) is 0 Å². The number of halogens is 4. The van der Waals surface area contributed by atoms with Crippen LogP contribution >= 0.6 is 46.4 Å². The molecule has 0 fully saturated rings. The van der Waals surface area contributed by atoms with Gasteiger partial charge in [0.25, 0.3) is 11.8 Å². The van der Waals surface area contributed by atoms with E-state index in [9.17, 15) is 19.5 Å². The maximum Gasteiger partial charge on any atom is 0.326 e. The lowest BCUT2D eigenvalue weighted by molar-refractivity contribution is -0.139. The summed E-state index contributed by atoms with van der Waals surface area (Å²) in [5.41, 5.74) is 2.55. The zero-order chi connectivity index (χ0) is 26.0. The van der Waals surface area contributed by atoms with Crippen LogP contribution in [0.25, 0.3) is 0 Å². The summed E-state index contributed by atoms with van der Waals surface area (Å²) in [5, 5.41) is 13.0. The molecule has 0 radical (unpaired) electrons. The fourth-order valence-corrected chi connectivity index (χ4v) is 5.33. The Morgan fingerprint density at radius 3 is 2.06 bits per heavy atom. The average molecular weight is 566 g/mol. The van der Waals surface area contributed by atoms with E-state index in [0.717, 1.165) is 5.56 Å². The van der Waals surface area contributed by atoms with Gasteiger partial charge in [-0.05, 0) is 54.3 Å². The predicted octanol–water partition coefficient (Wildman–Crippen LogP) is 6.32. The maximum atomic E-state index is 13.3. The standard InChI is InChI=1S/C26H20Cl4N2O4/c27-16-5-1-6-17(28)22(16)24(33)31-20(26(35)36)13-14-9-10-21-15(12-14)4-3-11-32(21)25(34)23-18(29)7-2-8-19(23)30/h1-2,5-10,12,20H,3-4,11,13H2,(H,31,33)(H,35,36)/t20-/m0/s1. The third-order valence-electron chi connectivity index (χ3n) is 5.92. The number of nitrogens with zero attached hydrogens (tertiary/aromatic N) is 1. The lowest BCUT2D eigenvalue weighted by Crippen LogP contribution is -2.42. The normalized spacial score (nSPS) is 13.6. The SMILES string of the molecule is O=C(N[C@@H](Cc1ccc2c(c1)CCCN2C(=O)c1c(Cl)cccc1Cl)C(=O)O)c1c(Cl)cccc1Cl. The topological polar surface area (TPSA) is 86.7 Å². The predicted molar refractivity (Wildman–Crippen MR) is 142 cm³/mol. The molecule has 6 nitrogen and oxygen atoms in total. The molecule has 3 aromatic rings. The second-order valence-corrected chi connectivity index (χ2v) is 9.91. The second kappa shape index (κ2) is 11.1. The number of rotatable bonds is 6. The third-order valence-corrected chi connectivity index (χ3v) is 7.18. The monoisotopic (exact) mass is 564 g/mol. The van der Waals surface area contributed by atoms with Crippen molar-refractivity contribution < 1.29 is 19.5 Å². The van der Waals surface area contributed by atoms with E-state index in [1.54, 1.807) is 41.3 Å². The third kappa shape index (κ3) is 5.47. The van der Waals surface area contributed by atoms with E-state index >= 15 is 0 Å². The molecule has 1 aliphatic rings. The fourth-order valence-electron chi connectivity index (χ4n) is 4.21. The summed E-state index contributed by atoms with van der Waals surface area (Å²) in [4.78, 5) is 39.6. The number of anilines is 1. The van der Waals surface area contributed by atoms with Crippen LogP contribution in [0.15, 0.2) is 54.6 Å². The van der Waals surface area contributed by atoms with E-state index in [4.69, 9.17) is 46.4 Å². The van der Waals surface area contributed by atoms with Crippen LogP contribution in [0.4, 0.5) is 5.69 Å². The summed E-state index contributed by atoms with van der Waals surface area (Å²) in [6.07, 6.45) is 1.46. The van der Waals surface area contributed by atoms with Gasteiger partial charge < -0.3 is 15.3 Å². The van der Waals surface area contributed by atoms with Crippen LogP contribution in [-0.4, -0.2) is 35.5 Å². The molecule has 1 atom stereocenters. The first-order valence-corrected chi connectivity index (χ1v) is 12.5. The molecule has 0 unspecified atom stereocenters. The molecule has 0 saturated carbocycles. The smallest absolute Gasteiger partial charge is 0.326 e. The molecule has 2 amide bonds. The molecule has 3 aromatic carbocycles. The van der Waals surface area contributed by atoms with Crippen molar-refractivity contribution in [2.75, 3.05) is 11.4 Å². The molecule has 36 heavy (non-hydrogen) atoms. The Morgan fingerprint density at radius 2 is 1.47 bits per heavy atom. The van der Waals surface area contributed by atoms with Crippen molar-refractivity contribution in [3.63, 3.8) is 0 Å². The highest BCUT2D eigenvalue weighted by Gasteiger charge is 2.28. The Labute approximate surface area is 227 Å². The summed E-state index contributed by atoms with van der Waals surface area (Å²) in [6, 6.07) is 13.7. The number of aryl methyl sites for hydroxylation is 1. The second-order valence-electron chi connectivity index (χ2n) is 8.29. The number of nitrogens with one attached hydrogen (secondary N) is 1. The lowest BCUT2D eigenvalue weighted by atomic mass is 9.95. The highest BCUT2D eigenvalue weighted by atomic mass is 35.5. The maximum absolute atomic E-state index is 13.3. The Morgan fingerprint density at radius 1 is 0.889 bits per heavy atom. The summed E-state index contributed by atoms with van der Waals surface area (Å²) < 4.78 is 0. The highest BCUT2D eigenvalue weighted by molar-refractivity contribution is 6.41. The Balaban J connectivity index is 1.56. The van der Waals surface area contributed by atoms with Crippen molar-refractivity contribution >= 4 is 69.9 Å². The molecule has 0 spiro atoms. The quantitative estimate of drug-likeness (QED) is 0.366. The first-order valence-electron chi connectivity index (χ1n) is 11.0. The van der Waals surface area contributed by atoms with Crippen molar-refractivity contribution in [1.29, 1.82) is 0 Å². The average Bonchev–Trinajstić information content (AvgIpc) is 2.82. The van der Waals surface area contributed by atoms with Crippen molar-refractivity contribution in [3.8, 4) is 0 Å². The molecule has 1 heterocycles. The van der Waals surface area contributed by atoms with Gasteiger partial charge in [0.15, 0.2) is 0 Å². The van der Waals surface area contributed by atoms with Gasteiger partial charge in [-0.3, -0.25) is 9.59 Å². The van der Waals surface area contributed by atoms with Crippen molar-refractivity contribution in [2.24, 2.45) is 0 Å². The molecule has 0 aromatic heterocycles. The Bertz CT molecular complexity index is 1320. The molecule has 4 rings (SSSR count). The minimum atomic E-state index is -1.22. The van der Waals surface area contributed by atoms with Gasteiger partial charge in [0.1, 0.15) is 6.04 Å². The van der Waals surface area contributed by atoms with Crippen LogP contribution in [0.5, 0.6) is 0 Å². The number of fused-ring (bicyclic) bond motifs is 1. The molecule has 0 saturated heterocycles. The van der Waals surface area contributed by atoms with Gasteiger partial charge in [-0.25, -0.2) is 4.79 Å². The summed E-state index contributed by atoms with van der Waals surface area (Å²) >= 11 is 24.7. The summed E-state index contributed by atoms with van der Waals surface area (Å²) in [7, 11) is 0. The minimum Gasteiger partial charge on any atom is -0.480 e. The molecule has 10 heteroatoms. The molecule has 186 valence electrons. The van der Waals surface area contributed by atoms with Crippen LogP contribution in [-0.2, 0) is 17.6 Å². The van der Waals surface area contributed by atoms with E-state index < -0.39 is 17.9 Å². The number of benzene rings is 3. The van der Waals surface area contributed by atoms with Crippen LogP contribution in [0.1, 0.15) is 38.3 Å². The Hall–Kier alpha value is -2.77. The highest BCUT2D eigenvalue weighted by Crippen LogP contribution is 2.33. The van der Waals surface area contributed by atoms with Gasteiger partial charge in [-0.1, -0.05) is 70.7 Å². The number of carbonyl (C=O) groups excluding carboxylic acids is 2. The molecular weight excluding hydrogens is 546 g/mol. The zero-order valence-corrected chi connectivity index (χ0v) is 21.8. The fraction of sp³-hybridized carbons (Fsp3) is 0.192. The molecule has 0 bridgehead atoms. The van der Waals surface area contributed by atoms with Gasteiger partial charge in [0.05, 0.1) is 31.2 Å². The van der Waals surface area contributed by atoms with Crippen molar-refractivity contribution in [1.82, 2.24) is 5.32 Å². The first kappa shape index (κ1) is 26.3. The lowest BCUT2D eigenvalue weighted by Gasteiger charge is -2.30. The Kier molecular flexibility index (Phi) is 8.10. The number of amides is 2. The van der Waals surface area contributed by atoms with Gasteiger partial charge in [-0.15, -0.1) is 0 Å². The summed E-state index contributed by atoms with van der Waals surface area (Å²) in [5.74, 6) is -2.18. The zero-order valence-electron chi connectivity index (χ0n) is 18.7. The largest absolute Gasteiger partial charge is 0.480 e. The van der Waals surface area contributed by atoms with Crippen LogP contribution in [0.2, 0.25) is 20.1 Å². The van der Waals surface area contributed by atoms with E-state index in [-0.39, 0.29) is 43.5 Å². The first-order chi connectivity index (χ1) is 17.2. The van der Waals surface area contributed by atoms with Crippen LogP contribution in [0.3, 0.4) is 0 Å². The van der Waals surface area contributed by atoms with Gasteiger partial charge in [0.2, 0.25) is 0 Å². The summed E-state index contributed by atoms with van der Waals surface area (Å²) in [6.45, 7) is 0.499. The molecule has 0 aliphatic carbocycles. The number of carbonyl (C=O) groups is 3. The van der Waals surface area contributed by atoms with E-state index in [1.807, 2.05) is 6.07 Å². The number of carboxylic acid groups (broad SMARTS) is 1. The number of hydrogen-bond acceptors (Lipinski definition) is 3. The van der Waals surface area contributed by atoms with Gasteiger partial charge in [0, 0.05) is 18.7 Å². The molecule has 2 N–H and O–H groups in total. The van der Waals surface area contributed by atoms with E-state index in [1.165, 1.54) is 12.1 Å². The van der Waals surface area contributed by atoms with Crippen molar-refractivity contribution in [3.05, 3.63) is 96.9 Å². The van der Waals surface area contributed by atoms with E-state index in [0.29, 0.717) is 30.6 Å². The number of hydrogen-bond donors (Lipinski definition) is 2. The van der Waals surface area contributed by atoms with Crippen LogP contribution < -0.4 is 10.2 Å². The van der Waals surface area contributed by atoms with Gasteiger partial charge in [-0.2, -0.15) is 0 Å². The minimum absolute atomic E-state index is 0.0184. The van der Waals surface area contributed by atoms with E-state index in [2.05, 4.69) is 5.32 Å². The van der Waals surface area contributed by atoms with Crippen molar-refractivity contribution in [2.45, 2.75) is 25.3 Å². The number of carboxylic acids is 1. The van der Waals surface area contributed by atoms with Gasteiger partial charge >= 0.3 is 5.97 Å². The molecule has 1 aliphatic heterocycles. The molecular formula is C26H20Cl4N2O4. The number of aliphatic carboxylic acids is 1.